The highest BCUT2D eigenvalue weighted by Crippen LogP contribution is 2.41. The van der Waals surface area contributed by atoms with Gasteiger partial charge in [-0.25, -0.2) is 26.9 Å². The third-order valence-corrected chi connectivity index (χ3v) is 12.0. The fourth-order valence-electron chi connectivity index (χ4n) is 7.09. The van der Waals surface area contributed by atoms with Crippen LogP contribution in [0.1, 0.15) is 69.5 Å². The van der Waals surface area contributed by atoms with Crippen LogP contribution in [0.25, 0.3) is 22.3 Å². The minimum atomic E-state index is -3.58. The number of benzene rings is 3. The fraction of sp³-hybridized carbons (Fsp3) is 0.395. The molecule has 0 radical (unpaired) electrons. The Kier molecular flexibility index (Phi) is 9.36. The normalized spacial score (nSPS) is 19.9. The molecule has 9 nitrogen and oxygen atoms in total. The number of halogens is 2. The van der Waals surface area contributed by atoms with Crippen molar-refractivity contribution in [3.05, 3.63) is 94.9 Å². The van der Waals surface area contributed by atoms with Crippen LogP contribution in [0.2, 0.25) is 0 Å². The molecule has 12 heteroatoms. The summed E-state index contributed by atoms with van der Waals surface area (Å²) in [6.45, 7) is 7.71. The van der Waals surface area contributed by atoms with E-state index in [2.05, 4.69) is 4.98 Å². The summed E-state index contributed by atoms with van der Waals surface area (Å²) in [5, 5.41) is 5.47. The van der Waals surface area contributed by atoms with Crippen LogP contribution in [-0.2, 0) is 39.9 Å². The minimum absolute atomic E-state index is 0.0311. The highest BCUT2D eigenvalue weighted by molar-refractivity contribution is 7.91. The number of rotatable bonds is 4. The number of ether oxygens (including phenoxy) is 1. The van der Waals surface area contributed by atoms with Crippen LogP contribution in [0, 0.1) is 23.0 Å². The van der Waals surface area contributed by atoms with E-state index in [-0.39, 0.29) is 52.6 Å². The standard InChI is InChI=1S/C38H43F2N5O4S/c1-23(34(41)46)18-24-8-6-9-25(19-24)38(4)15-7-14-37(2,3)22-50(47,48)17-13-28-27-12-16-42-32(27)21-31(40)33(28)49-26-10-11-30(39)29(20-26)35-43-36(38)44-45(35)5/h6,8-12,16,19-21,23,42H,7,13-15,17-18,22H2,1-5H3,(H2,41,46)/t23-,38?/m0/s1. The summed E-state index contributed by atoms with van der Waals surface area (Å²) >= 11 is 0. The quantitative estimate of drug-likeness (QED) is 0.204. The average Bonchev–Trinajstić information content (AvgIpc) is 3.67. The maximum absolute atomic E-state index is 15.7. The molecule has 264 valence electrons. The predicted octanol–water partition coefficient (Wildman–Crippen LogP) is 7.17. The number of aromatic amines is 1. The predicted molar refractivity (Wildman–Crippen MR) is 190 cm³/mol. The van der Waals surface area contributed by atoms with E-state index < -0.39 is 32.3 Å². The van der Waals surface area contributed by atoms with Crippen LogP contribution in [0.15, 0.2) is 60.8 Å². The largest absolute Gasteiger partial charge is 0.454 e. The number of aromatic nitrogens is 4. The molecule has 1 aliphatic heterocycles. The second kappa shape index (κ2) is 13.3. The van der Waals surface area contributed by atoms with Crippen molar-refractivity contribution in [3.63, 3.8) is 0 Å². The molecular formula is C38H43F2N5O4S. The Bertz CT molecular complexity index is 2190. The Balaban J connectivity index is 1.50. The summed E-state index contributed by atoms with van der Waals surface area (Å²) in [7, 11) is -1.89. The van der Waals surface area contributed by atoms with Gasteiger partial charge in [0.2, 0.25) is 5.91 Å². The molecule has 0 saturated heterocycles. The smallest absolute Gasteiger partial charge is 0.220 e. The number of H-pyrrole nitrogens is 1. The summed E-state index contributed by atoms with van der Waals surface area (Å²) in [6.07, 6.45) is 3.96. The van der Waals surface area contributed by atoms with Gasteiger partial charge in [-0.3, -0.25) is 4.79 Å². The SMILES string of the molecule is C[C@@H](Cc1cccc(C2(C)CCCC(C)(C)CS(=O)(=O)CCc3c(c(F)cc4[nH]ccc34)Oc3ccc(F)c(c3)-c3nc2nn3C)c1)C(N)=O. The molecule has 3 aromatic carbocycles. The summed E-state index contributed by atoms with van der Waals surface area (Å²) in [5.74, 6) is -1.46. The second-order valence-corrected chi connectivity index (χ2v) is 16.8. The molecule has 2 atom stereocenters. The summed E-state index contributed by atoms with van der Waals surface area (Å²) in [5.41, 5.74) is 7.11. The van der Waals surface area contributed by atoms with Gasteiger partial charge in [0.05, 0.1) is 22.5 Å². The van der Waals surface area contributed by atoms with Crippen LogP contribution in [-0.4, -0.2) is 45.6 Å². The van der Waals surface area contributed by atoms with Gasteiger partial charge in [-0.1, -0.05) is 51.5 Å². The molecule has 1 unspecified atom stereocenters. The van der Waals surface area contributed by atoms with E-state index >= 15 is 8.78 Å². The molecule has 1 aliphatic rings. The van der Waals surface area contributed by atoms with Crippen LogP contribution < -0.4 is 10.5 Å². The van der Waals surface area contributed by atoms with Gasteiger partial charge >= 0.3 is 0 Å². The van der Waals surface area contributed by atoms with Gasteiger partial charge in [0.25, 0.3) is 0 Å². The van der Waals surface area contributed by atoms with Gasteiger partial charge < -0.3 is 15.5 Å². The first kappa shape index (κ1) is 35.3. The number of hydrogen-bond donors (Lipinski definition) is 2. The van der Waals surface area contributed by atoms with Gasteiger partial charge in [-0.05, 0) is 73.4 Å². The summed E-state index contributed by atoms with van der Waals surface area (Å²) in [4.78, 5) is 19.8. The number of carbonyl (C=O) groups is 1. The lowest BCUT2D eigenvalue weighted by Crippen LogP contribution is -2.29. The summed E-state index contributed by atoms with van der Waals surface area (Å²) < 4.78 is 66.2. The number of carbonyl (C=O) groups excluding carboxylic acids is 1. The Morgan fingerprint density at radius 3 is 2.62 bits per heavy atom. The maximum atomic E-state index is 15.7. The molecule has 3 heterocycles. The lowest BCUT2D eigenvalue weighted by atomic mass is 9.75. The Morgan fingerprint density at radius 1 is 1.08 bits per heavy atom. The number of sulfone groups is 1. The van der Waals surface area contributed by atoms with E-state index in [1.165, 1.54) is 28.9 Å². The van der Waals surface area contributed by atoms with Gasteiger partial charge in [-0.2, -0.15) is 5.10 Å². The van der Waals surface area contributed by atoms with Crippen molar-refractivity contribution in [3.8, 4) is 22.9 Å². The monoisotopic (exact) mass is 703 g/mol. The van der Waals surface area contributed by atoms with Crippen molar-refractivity contribution >= 4 is 26.6 Å². The highest BCUT2D eigenvalue weighted by Gasteiger charge is 2.36. The van der Waals surface area contributed by atoms with Gasteiger partial charge in [0.1, 0.15) is 11.6 Å². The zero-order valence-corrected chi connectivity index (χ0v) is 29.8. The van der Waals surface area contributed by atoms with Crippen LogP contribution in [0.4, 0.5) is 8.78 Å². The molecular weight excluding hydrogens is 661 g/mol. The molecule has 1 amide bonds. The van der Waals surface area contributed by atoms with E-state index in [1.807, 2.05) is 45.0 Å². The number of amides is 1. The van der Waals surface area contributed by atoms with Crippen molar-refractivity contribution in [1.29, 1.82) is 0 Å². The van der Waals surface area contributed by atoms with Crippen LogP contribution >= 0.6 is 0 Å². The van der Waals surface area contributed by atoms with E-state index in [4.69, 9.17) is 20.6 Å². The first-order valence-corrected chi connectivity index (χ1v) is 18.6. The van der Waals surface area contributed by atoms with Crippen molar-refractivity contribution in [2.45, 2.75) is 65.2 Å². The van der Waals surface area contributed by atoms with Crippen LogP contribution in [0.5, 0.6) is 11.5 Å². The maximum Gasteiger partial charge on any atom is 0.220 e. The lowest BCUT2D eigenvalue weighted by Gasteiger charge is -2.31. The molecule has 6 rings (SSSR count). The fourth-order valence-corrected chi connectivity index (χ4v) is 9.09. The number of nitrogens with one attached hydrogen (secondary N) is 1. The Labute approximate surface area is 291 Å². The van der Waals surface area contributed by atoms with E-state index in [0.717, 1.165) is 11.1 Å². The van der Waals surface area contributed by atoms with E-state index in [0.29, 0.717) is 48.0 Å². The molecule has 2 aromatic heterocycles. The summed E-state index contributed by atoms with van der Waals surface area (Å²) in [6, 6.07) is 15.1. The molecule has 3 N–H and O–H groups in total. The topological polar surface area (TPSA) is 133 Å². The number of primary amides is 1. The van der Waals surface area contributed by atoms with Gasteiger partial charge in [0, 0.05) is 41.7 Å². The first-order valence-electron chi connectivity index (χ1n) is 16.8. The zero-order chi connectivity index (χ0) is 36.0. The van der Waals surface area contributed by atoms with E-state index in [1.54, 1.807) is 26.2 Å². The molecule has 0 aliphatic carbocycles. The van der Waals surface area contributed by atoms with Crippen molar-refractivity contribution < 1.29 is 26.7 Å². The lowest BCUT2D eigenvalue weighted by molar-refractivity contribution is -0.121. The average molecular weight is 704 g/mol. The third-order valence-electron chi connectivity index (χ3n) is 9.92. The van der Waals surface area contributed by atoms with Gasteiger partial charge in [0.15, 0.2) is 33.1 Å². The van der Waals surface area contributed by atoms with Crippen molar-refractivity contribution in [2.75, 3.05) is 11.5 Å². The Hall–Kier alpha value is -4.58. The molecule has 0 fully saturated rings. The number of nitrogens with zero attached hydrogens (tertiary/aromatic N) is 3. The molecule has 50 heavy (non-hydrogen) atoms. The highest BCUT2D eigenvalue weighted by atomic mass is 32.2. The number of nitrogens with two attached hydrogens (primary N) is 1. The molecule has 0 spiro atoms. The number of aryl methyl sites for hydroxylation is 2. The van der Waals surface area contributed by atoms with Crippen molar-refractivity contribution in [1.82, 2.24) is 19.7 Å². The van der Waals surface area contributed by atoms with Crippen LogP contribution in [0.3, 0.4) is 0 Å². The molecule has 4 bridgehead atoms. The Morgan fingerprint density at radius 2 is 1.86 bits per heavy atom. The number of fused-ring (bicyclic) bond motifs is 8. The first-order chi connectivity index (χ1) is 23.5. The molecule has 5 aromatic rings. The third kappa shape index (κ3) is 7.17. The molecule has 0 saturated carbocycles. The van der Waals surface area contributed by atoms with E-state index in [9.17, 15) is 13.2 Å². The van der Waals surface area contributed by atoms with Gasteiger partial charge in [-0.15, -0.1) is 0 Å². The zero-order valence-electron chi connectivity index (χ0n) is 29.0. The minimum Gasteiger partial charge on any atom is -0.454 e. The van der Waals surface area contributed by atoms with Crippen molar-refractivity contribution in [2.24, 2.45) is 24.1 Å². The number of hydrogen-bond acceptors (Lipinski definition) is 6. The second-order valence-electron chi connectivity index (χ2n) is 14.6.